The number of aromatic amines is 1. The van der Waals surface area contributed by atoms with E-state index in [-0.39, 0.29) is 11.4 Å². The van der Waals surface area contributed by atoms with Crippen molar-refractivity contribution in [1.29, 1.82) is 0 Å². The fraction of sp³-hybridized carbons (Fsp3) is 0.364. The molecule has 0 aliphatic rings. The number of rotatable bonds is 6. The van der Waals surface area contributed by atoms with Gasteiger partial charge in [0.05, 0.1) is 21.7 Å². The summed E-state index contributed by atoms with van der Waals surface area (Å²) in [5.41, 5.74) is 1.16. The van der Waals surface area contributed by atoms with Gasteiger partial charge in [-0.25, -0.2) is 13.4 Å². The molecule has 9 heteroatoms. The molecule has 1 aromatic heterocycles. The molecule has 0 aliphatic heterocycles. The van der Waals surface area contributed by atoms with Crippen LogP contribution in [-0.4, -0.2) is 41.9 Å². The minimum Gasteiger partial charge on any atom is -0.356 e. The molecule has 0 aliphatic carbocycles. The quantitative estimate of drug-likeness (QED) is 0.471. The molecule has 0 saturated carbocycles. The molecule has 2 N–H and O–H groups in total. The maximum absolute atomic E-state index is 11.0. The second-order valence-corrected chi connectivity index (χ2v) is 6.71. The Morgan fingerprint density at radius 2 is 2.20 bits per heavy atom. The van der Waals surface area contributed by atoms with Gasteiger partial charge in [-0.2, -0.15) is 0 Å². The third-order valence-corrected chi connectivity index (χ3v) is 3.69. The van der Waals surface area contributed by atoms with Crippen LogP contribution in [0.4, 0.5) is 11.6 Å². The van der Waals surface area contributed by atoms with Crippen molar-refractivity contribution in [1.82, 2.24) is 9.97 Å². The van der Waals surface area contributed by atoms with Crippen molar-refractivity contribution in [2.24, 2.45) is 0 Å². The Bertz CT molecular complexity index is 738. The first-order valence-electron chi connectivity index (χ1n) is 5.91. The summed E-state index contributed by atoms with van der Waals surface area (Å²) in [5, 5.41) is 13.6. The normalized spacial score (nSPS) is 11.7. The van der Waals surface area contributed by atoms with Crippen molar-refractivity contribution in [3.05, 3.63) is 28.3 Å². The maximum atomic E-state index is 11.0. The predicted molar refractivity (Wildman–Crippen MR) is 75.6 cm³/mol. The van der Waals surface area contributed by atoms with E-state index in [1.54, 1.807) is 6.07 Å². The highest BCUT2D eigenvalue weighted by Crippen LogP contribution is 2.20. The number of non-ortho nitro benzene ring substituents is 1. The van der Waals surface area contributed by atoms with Crippen LogP contribution in [0.1, 0.15) is 6.42 Å². The van der Waals surface area contributed by atoms with Gasteiger partial charge in [0.15, 0.2) is 0 Å². The molecule has 0 amide bonds. The van der Waals surface area contributed by atoms with E-state index < -0.39 is 14.8 Å². The number of fused-ring (bicyclic) bond motifs is 1. The smallest absolute Gasteiger partial charge is 0.271 e. The van der Waals surface area contributed by atoms with Crippen LogP contribution in [0.5, 0.6) is 0 Å². The maximum Gasteiger partial charge on any atom is 0.271 e. The average molecular weight is 298 g/mol. The van der Waals surface area contributed by atoms with Crippen LogP contribution in [0.2, 0.25) is 0 Å². The molecule has 0 atom stereocenters. The Balaban J connectivity index is 2.03. The summed E-state index contributed by atoms with van der Waals surface area (Å²) in [7, 11) is -2.96. The van der Waals surface area contributed by atoms with Crippen molar-refractivity contribution >= 4 is 32.5 Å². The molecule has 2 rings (SSSR count). The average Bonchev–Trinajstić information content (AvgIpc) is 2.75. The van der Waals surface area contributed by atoms with E-state index in [0.717, 1.165) is 0 Å². The van der Waals surface area contributed by atoms with Crippen LogP contribution >= 0.6 is 0 Å². The van der Waals surface area contributed by atoms with Crippen molar-refractivity contribution in [2.75, 3.05) is 23.9 Å². The number of nitro benzene ring substituents is 1. The Labute approximate surface area is 115 Å². The van der Waals surface area contributed by atoms with Crippen LogP contribution in [0.15, 0.2) is 18.2 Å². The second-order valence-electron chi connectivity index (χ2n) is 4.45. The number of imidazole rings is 1. The van der Waals surface area contributed by atoms with Gasteiger partial charge in [0, 0.05) is 24.9 Å². The molecule has 0 saturated heterocycles. The predicted octanol–water partition coefficient (Wildman–Crippen LogP) is 1.32. The molecule has 0 unspecified atom stereocenters. The van der Waals surface area contributed by atoms with E-state index in [2.05, 4.69) is 15.3 Å². The fourth-order valence-corrected chi connectivity index (χ4v) is 2.40. The zero-order valence-corrected chi connectivity index (χ0v) is 11.6. The second kappa shape index (κ2) is 5.45. The first kappa shape index (κ1) is 14.3. The van der Waals surface area contributed by atoms with Crippen LogP contribution in [0.25, 0.3) is 11.0 Å². The van der Waals surface area contributed by atoms with Gasteiger partial charge < -0.3 is 10.3 Å². The summed E-state index contributed by atoms with van der Waals surface area (Å²) in [4.78, 5) is 17.3. The number of nitrogens with zero attached hydrogens (tertiary/aromatic N) is 2. The van der Waals surface area contributed by atoms with E-state index in [1.807, 2.05) is 0 Å². The number of nitro groups is 1. The fourth-order valence-electron chi connectivity index (χ4n) is 1.74. The zero-order valence-electron chi connectivity index (χ0n) is 10.8. The SMILES string of the molecule is CS(=O)(=O)CCCNc1nc2ccc([N+](=O)[O-])cc2[nH]1. The first-order valence-corrected chi connectivity index (χ1v) is 7.97. The number of sulfone groups is 1. The largest absolute Gasteiger partial charge is 0.356 e. The minimum atomic E-state index is -2.96. The van der Waals surface area contributed by atoms with Gasteiger partial charge in [-0.1, -0.05) is 0 Å². The lowest BCUT2D eigenvalue weighted by Gasteiger charge is -2.01. The number of benzene rings is 1. The lowest BCUT2D eigenvalue weighted by Crippen LogP contribution is -2.10. The summed E-state index contributed by atoms with van der Waals surface area (Å²) in [6.07, 6.45) is 1.66. The van der Waals surface area contributed by atoms with Crippen LogP contribution < -0.4 is 5.32 Å². The van der Waals surface area contributed by atoms with Crippen molar-refractivity contribution in [3.8, 4) is 0 Å². The topological polar surface area (TPSA) is 118 Å². The Kier molecular flexibility index (Phi) is 3.89. The molecule has 0 fully saturated rings. The third-order valence-electron chi connectivity index (χ3n) is 2.66. The van der Waals surface area contributed by atoms with E-state index in [9.17, 15) is 18.5 Å². The van der Waals surface area contributed by atoms with Gasteiger partial charge >= 0.3 is 0 Å². The molecule has 2 aromatic rings. The molecule has 1 heterocycles. The number of aromatic nitrogens is 2. The summed E-state index contributed by atoms with van der Waals surface area (Å²) in [5.74, 6) is 0.570. The van der Waals surface area contributed by atoms with Gasteiger partial charge in [0.2, 0.25) is 5.95 Å². The third kappa shape index (κ3) is 3.67. The number of nitrogens with one attached hydrogen (secondary N) is 2. The summed E-state index contributed by atoms with van der Waals surface area (Å²) >= 11 is 0. The Hall–Kier alpha value is -2.16. The van der Waals surface area contributed by atoms with Crippen LogP contribution in [-0.2, 0) is 9.84 Å². The van der Waals surface area contributed by atoms with Gasteiger partial charge in [-0.05, 0) is 12.5 Å². The minimum absolute atomic E-state index is 0.00947. The summed E-state index contributed by atoms with van der Waals surface area (Å²) < 4.78 is 21.9. The lowest BCUT2D eigenvalue weighted by molar-refractivity contribution is -0.384. The van der Waals surface area contributed by atoms with E-state index in [0.29, 0.717) is 29.9 Å². The number of hydrogen-bond donors (Lipinski definition) is 2. The van der Waals surface area contributed by atoms with Gasteiger partial charge in [-0.3, -0.25) is 10.1 Å². The number of H-pyrrole nitrogens is 1. The monoisotopic (exact) mass is 298 g/mol. The van der Waals surface area contributed by atoms with Crippen molar-refractivity contribution < 1.29 is 13.3 Å². The van der Waals surface area contributed by atoms with E-state index in [4.69, 9.17) is 0 Å². The summed E-state index contributed by atoms with van der Waals surface area (Å²) in [6, 6.07) is 4.35. The molecule has 20 heavy (non-hydrogen) atoms. The zero-order chi connectivity index (χ0) is 14.8. The highest BCUT2D eigenvalue weighted by molar-refractivity contribution is 7.90. The number of hydrogen-bond acceptors (Lipinski definition) is 6. The Morgan fingerprint density at radius 3 is 2.85 bits per heavy atom. The van der Waals surface area contributed by atoms with Crippen LogP contribution in [0, 0.1) is 10.1 Å². The van der Waals surface area contributed by atoms with Crippen LogP contribution in [0.3, 0.4) is 0 Å². The highest BCUT2D eigenvalue weighted by Gasteiger charge is 2.09. The lowest BCUT2D eigenvalue weighted by atomic mass is 10.3. The van der Waals surface area contributed by atoms with E-state index >= 15 is 0 Å². The molecule has 0 radical (unpaired) electrons. The van der Waals surface area contributed by atoms with Gasteiger partial charge in [0.1, 0.15) is 9.84 Å². The Morgan fingerprint density at radius 1 is 1.45 bits per heavy atom. The molecule has 108 valence electrons. The molecule has 8 nitrogen and oxygen atoms in total. The molecular formula is C11H14N4O4S. The van der Waals surface area contributed by atoms with Crippen molar-refractivity contribution in [2.45, 2.75) is 6.42 Å². The van der Waals surface area contributed by atoms with E-state index in [1.165, 1.54) is 18.4 Å². The van der Waals surface area contributed by atoms with Crippen molar-refractivity contribution in [3.63, 3.8) is 0 Å². The molecule has 0 bridgehead atoms. The van der Waals surface area contributed by atoms with Gasteiger partial charge in [0.25, 0.3) is 5.69 Å². The molecular weight excluding hydrogens is 284 g/mol. The van der Waals surface area contributed by atoms with Gasteiger partial charge in [-0.15, -0.1) is 0 Å². The summed E-state index contributed by atoms with van der Waals surface area (Å²) in [6.45, 7) is 0.453. The highest BCUT2D eigenvalue weighted by atomic mass is 32.2. The molecule has 0 spiro atoms. The first-order chi connectivity index (χ1) is 9.35. The standard InChI is InChI=1S/C11H14N4O4S/c1-20(18,19)6-2-5-12-11-13-9-4-3-8(15(16)17)7-10(9)14-11/h3-4,7H,2,5-6H2,1H3,(H2,12,13,14). The molecule has 1 aromatic carbocycles. The number of anilines is 1.